The Bertz CT molecular complexity index is 478. The first-order valence-corrected chi connectivity index (χ1v) is 8.63. The molecule has 0 radical (unpaired) electrons. The maximum atomic E-state index is 6.50. The van der Waals surface area contributed by atoms with Crippen molar-refractivity contribution in [1.82, 2.24) is 4.90 Å². The first-order valence-electron chi connectivity index (χ1n) is 8.63. The third kappa shape index (κ3) is 3.32. The Labute approximate surface area is 129 Å². The van der Waals surface area contributed by atoms with Crippen LogP contribution in [0.25, 0.3) is 0 Å². The topological polar surface area (TPSA) is 29.3 Å². The third-order valence-corrected chi connectivity index (χ3v) is 5.87. The number of benzene rings is 1. The van der Waals surface area contributed by atoms with Gasteiger partial charge in [-0.3, -0.25) is 0 Å². The molecular formula is C19H30N2. The molecule has 0 aromatic heterocycles. The maximum absolute atomic E-state index is 6.50. The summed E-state index contributed by atoms with van der Waals surface area (Å²) in [6.07, 6.45) is 8.66. The summed E-state index contributed by atoms with van der Waals surface area (Å²) in [5, 5.41) is 0. The minimum atomic E-state index is 0.155. The monoisotopic (exact) mass is 286 g/mol. The van der Waals surface area contributed by atoms with Crippen molar-refractivity contribution in [1.29, 1.82) is 0 Å². The van der Waals surface area contributed by atoms with Crippen LogP contribution in [0.5, 0.6) is 0 Å². The fourth-order valence-electron chi connectivity index (χ4n) is 4.37. The molecule has 1 aliphatic carbocycles. The number of rotatable bonds is 3. The van der Waals surface area contributed by atoms with Gasteiger partial charge in [0.2, 0.25) is 0 Å². The Morgan fingerprint density at radius 1 is 1.10 bits per heavy atom. The predicted molar refractivity (Wildman–Crippen MR) is 89.4 cm³/mol. The van der Waals surface area contributed by atoms with Gasteiger partial charge in [-0.15, -0.1) is 0 Å². The SMILES string of the molecule is Cc1ccc(C)c(C(N)CN2CCC3(CCCC3)CC2)c1. The summed E-state index contributed by atoms with van der Waals surface area (Å²) in [6.45, 7) is 7.84. The van der Waals surface area contributed by atoms with Crippen LogP contribution in [0.1, 0.15) is 61.3 Å². The van der Waals surface area contributed by atoms with E-state index in [2.05, 4.69) is 36.9 Å². The Morgan fingerprint density at radius 3 is 2.43 bits per heavy atom. The van der Waals surface area contributed by atoms with Gasteiger partial charge in [0.15, 0.2) is 0 Å². The second kappa shape index (κ2) is 6.10. The third-order valence-electron chi connectivity index (χ3n) is 5.87. The Kier molecular flexibility index (Phi) is 4.37. The van der Waals surface area contributed by atoms with Crippen molar-refractivity contribution in [2.24, 2.45) is 11.1 Å². The zero-order valence-electron chi connectivity index (χ0n) is 13.7. The highest BCUT2D eigenvalue weighted by atomic mass is 15.1. The second-order valence-corrected chi connectivity index (χ2v) is 7.47. The van der Waals surface area contributed by atoms with E-state index in [1.165, 1.54) is 68.3 Å². The number of hydrogen-bond donors (Lipinski definition) is 1. The number of aryl methyl sites for hydroxylation is 2. The predicted octanol–water partition coefficient (Wildman–Crippen LogP) is 3.96. The first kappa shape index (κ1) is 15.1. The van der Waals surface area contributed by atoms with Crippen molar-refractivity contribution in [3.63, 3.8) is 0 Å². The summed E-state index contributed by atoms with van der Waals surface area (Å²) in [4.78, 5) is 2.59. The van der Waals surface area contributed by atoms with E-state index in [0.29, 0.717) is 5.41 Å². The lowest BCUT2D eigenvalue weighted by molar-refractivity contribution is 0.104. The fraction of sp³-hybridized carbons (Fsp3) is 0.684. The van der Waals surface area contributed by atoms with E-state index in [0.717, 1.165) is 6.54 Å². The molecule has 116 valence electrons. The van der Waals surface area contributed by atoms with Gasteiger partial charge in [0.1, 0.15) is 0 Å². The molecule has 1 heterocycles. The Hall–Kier alpha value is -0.860. The zero-order valence-corrected chi connectivity index (χ0v) is 13.7. The molecule has 1 aromatic rings. The minimum Gasteiger partial charge on any atom is -0.323 e. The van der Waals surface area contributed by atoms with Crippen LogP contribution in [-0.2, 0) is 0 Å². The molecule has 3 rings (SSSR count). The number of hydrogen-bond acceptors (Lipinski definition) is 2. The van der Waals surface area contributed by atoms with Crippen molar-refractivity contribution in [3.05, 3.63) is 34.9 Å². The maximum Gasteiger partial charge on any atom is 0.0427 e. The van der Waals surface area contributed by atoms with Crippen LogP contribution in [0.3, 0.4) is 0 Å². The van der Waals surface area contributed by atoms with Crippen molar-refractivity contribution < 1.29 is 0 Å². The molecule has 0 bridgehead atoms. The second-order valence-electron chi connectivity index (χ2n) is 7.47. The Balaban J connectivity index is 1.58. The van der Waals surface area contributed by atoms with Crippen LogP contribution < -0.4 is 5.73 Å². The molecule has 21 heavy (non-hydrogen) atoms. The van der Waals surface area contributed by atoms with Crippen molar-refractivity contribution in [2.45, 2.75) is 58.4 Å². The number of nitrogens with two attached hydrogens (primary N) is 1. The van der Waals surface area contributed by atoms with Gasteiger partial charge in [0.05, 0.1) is 0 Å². The molecule has 2 N–H and O–H groups in total. The minimum absolute atomic E-state index is 0.155. The van der Waals surface area contributed by atoms with Gasteiger partial charge in [0.25, 0.3) is 0 Å². The number of likely N-dealkylation sites (tertiary alicyclic amines) is 1. The van der Waals surface area contributed by atoms with Crippen LogP contribution in [0.4, 0.5) is 0 Å². The number of piperidine rings is 1. The fourth-order valence-corrected chi connectivity index (χ4v) is 4.37. The van der Waals surface area contributed by atoms with Crippen LogP contribution >= 0.6 is 0 Å². The zero-order chi connectivity index (χ0) is 14.9. The van der Waals surface area contributed by atoms with E-state index in [-0.39, 0.29) is 6.04 Å². The van der Waals surface area contributed by atoms with Gasteiger partial charge in [-0.25, -0.2) is 0 Å². The first-order chi connectivity index (χ1) is 10.1. The molecule has 1 saturated carbocycles. The molecule has 2 aliphatic rings. The molecule has 1 saturated heterocycles. The van der Waals surface area contributed by atoms with E-state index in [9.17, 15) is 0 Å². The van der Waals surface area contributed by atoms with Gasteiger partial charge in [-0.1, -0.05) is 36.6 Å². The van der Waals surface area contributed by atoms with Crippen LogP contribution in [0.2, 0.25) is 0 Å². The largest absolute Gasteiger partial charge is 0.323 e. The molecule has 1 atom stereocenters. The lowest BCUT2D eigenvalue weighted by atomic mass is 9.77. The summed E-state index contributed by atoms with van der Waals surface area (Å²) in [5.74, 6) is 0. The molecular weight excluding hydrogens is 256 g/mol. The highest BCUT2D eigenvalue weighted by Crippen LogP contribution is 2.46. The quantitative estimate of drug-likeness (QED) is 0.911. The normalized spacial score (nSPS) is 23.6. The Morgan fingerprint density at radius 2 is 1.76 bits per heavy atom. The molecule has 2 heteroatoms. The lowest BCUT2D eigenvalue weighted by Crippen LogP contribution is -2.42. The van der Waals surface area contributed by atoms with Gasteiger partial charge in [-0.05, 0) is 69.2 Å². The summed E-state index contributed by atoms with van der Waals surface area (Å²) < 4.78 is 0. The van der Waals surface area contributed by atoms with Crippen LogP contribution in [-0.4, -0.2) is 24.5 Å². The van der Waals surface area contributed by atoms with E-state index < -0.39 is 0 Å². The molecule has 2 fully saturated rings. The molecule has 2 nitrogen and oxygen atoms in total. The van der Waals surface area contributed by atoms with Gasteiger partial charge in [-0.2, -0.15) is 0 Å². The lowest BCUT2D eigenvalue weighted by Gasteiger charge is -2.40. The van der Waals surface area contributed by atoms with Crippen LogP contribution in [0.15, 0.2) is 18.2 Å². The van der Waals surface area contributed by atoms with Crippen molar-refractivity contribution in [2.75, 3.05) is 19.6 Å². The van der Waals surface area contributed by atoms with Crippen molar-refractivity contribution in [3.8, 4) is 0 Å². The van der Waals surface area contributed by atoms with Crippen LogP contribution in [0, 0.1) is 19.3 Å². The van der Waals surface area contributed by atoms with Gasteiger partial charge in [0, 0.05) is 12.6 Å². The smallest absolute Gasteiger partial charge is 0.0427 e. The van der Waals surface area contributed by atoms with E-state index >= 15 is 0 Å². The van der Waals surface area contributed by atoms with E-state index in [4.69, 9.17) is 5.73 Å². The van der Waals surface area contributed by atoms with Gasteiger partial charge >= 0.3 is 0 Å². The summed E-state index contributed by atoms with van der Waals surface area (Å²) in [7, 11) is 0. The summed E-state index contributed by atoms with van der Waals surface area (Å²) >= 11 is 0. The highest BCUT2D eigenvalue weighted by molar-refractivity contribution is 5.33. The van der Waals surface area contributed by atoms with E-state index in [1.807, 2.05) is 0 Å². The average molecular weight is 286 g/mol. The molecule has 0 amide bonds. The average Bonchev–Trinajstić information content (AvgIpc) is 2.93. The standard InChI is InChI=1S/C19H30N2/c1-15-5-6-16(2)17(13-15)18(20)14-21-11-9-19(10-12-21)7-3-4-8-19/h5-6,13,18H,3-4,7-12,14,20H2,1-2H3. The number of nitrogens with zero attached hydrogens (tertiary/aromatic N) is 1. The van der Waals surface area contributed by atoms with Gasteiger partial charge < -0.3 is 10.6 Å². The van der Waals surface area contributed by atoms with E-state index in [1.54, 1.807) is 0 Å². The summed E-state index contributed by atoms with van der Waals surface area (Å²) in [6, 6.07) is 6.80. The van der Waals surface area contributed by atoms with Crippen molar-refractivity contribution >= 4 is 0 Å². The molecule has 1 unspecified atom stereocenters. The molecule has 1 aromatic carbocycles. The molecule has 1 spiro atoms. The summed E-state index contributed by atoms with van der Waals surface area (Å²) in [5.41, 5.74) is 11.2. The highest BCUT2D eigenvalue weighted by Gasteiger charge is 2.37. The molecule has 1 aliphatic heterocycles.